The minimum absolute atomic E-state index is 0.105. The van der Waals surface area contributed by atoms with E-state index in [1.165, 1.54) is 12.1 Å². The lowest BCUT2D eigenvalue weighted by Gasteiger charge is -2.12. The lowest BCUT2D eigenvalue weighted by Crippen LogP contribution is -2.16. The molecule has 4 aromatic carbocycles. The van der Waals surface area contributed by atoms with E-state index in [2.05, 4.69) is 15.8 Å². The summed E-state index contributed by atoms with van der Waals surface area (Å²) in [5, 5.41) is 27.9. The number of aryl methyl sites for hydroxylation is 2. The number of aromatic hydroxyl groups is 1. The van der Waals surface area contributed by atoms with Crippen molar-refractivity contribution in [3.05, 3.63) is 100 Å². The molecule has 5 rings (SSSR count). The van der Waals surface area contributed by atoms with Crippen molar-refractivity contribution in [1.82, 2.24) is 0 Å². The predicted octanol–water partition coefficient (Wildman–Crippen LogP) is 6.46. The molecular formula is C29H22ClN3O4. The van der Waals surface area contributed by atoms with Crippen molar-refractivity contribution < 1.29 is 19.8 Å². The van der Waals surface area contributed by atoms with Gasteiger partial charge in [-0.15, -0.1) is 0 Å². The second kappa shape index (κ2) is 9.44. The second-order valence-electron chi connectivity index (χ2n) is 8.76. The quantitative estimate of drug-likeness (QED) is 0.181. The van der Waals surface area contributed by atoms with Gasteiger partial charge in [-0.05, 0) is 66.4 Å². The highest BCUT2D eigenvalue weighted by atomic mass is 35.5. The number of carbonyl (C=O) groups is 2. The standard InChI is InChI=1S/C29H22ClN3O4/c1-15-9-10-18(13-16(15)2)24-22(30)12-11-21-25(24)31-28(35)26(21)33-32-23-8-4-7-20(27(23)34)17-5-3-6-19(14-17)29(36)37/h3-14,32,34H,1-2H3,(H,36,37)(H,31,33,35). The Morgan fingerprint density at radius 3 is 2.46 bits per heavy atom. The number of fused-ring (bicyclic) bond motifs is 1. The first-order valence-electron chi connectivity index (χ1n) is 11.5. The number of carboxylic acid groups (broad SMARTS) is 1. The molecule has 7 nitrogen and oxygen atoms in total. The summed E-state index contributed by atoms with van der Waals surface area (Å²) >= 11 is 6.55. The molecule has 1 amide bonds. The van der Waals surface area contributed by atoms with Crippen LogP contribution in [-0.4, -0.2) is 27.8 Å². The van der Waals surface area contributed by atoms with Gasteiger partial charge in [0.05, 0.1) is 22.0 Å². The Bertz CT molecular complexity index is 1630. The summed E-state index contributed by atoms with van der Waals surface area (Å²) < 4.78 is 0. The average molecular weight is 512 g/mol. The molecule has 0 saturated carbocycles. The van der Waals surface area contributed by atoms with Crippen LogP contribution in [0.5, 0.6) is 5.75 Å². The largest absolute Gasteiger partial charge is 0.505 e. The van der Waals surface area contributed by atoms with Crippen molar-refractivity contribution in [3.63, 3.8) is 0 Å². The Morgan fingerprint density at radius 1 is 0.919 bits per heavy atom. The molecule has 0 fully saturated rings. The number of anilines is 2. The van der Waals surface area contributed by atoms with Gasteiger partial charge in [0.2, 0.25) is 0 Å². The number of aromatic carboxylic acids is 1. The maximum absolute atomic E-state index is 12.9. The van der Waals surface area contributed by atoms with Crippen LogP contribution >= 0.6 is 11.6 Å². The fourth-order valence-electron chi connectivity index (χ4n) is 4.29. The molecule has 0 saturated heterocycles. The highest BCUT2D eigenvalue weighted by Gasteiger charge is 2.30. The third-order valence-corrected chi connectivity index (χ3v) is 6.72. The number of nitrogens with one attached hydrogen (secondary N) is 2. The van der Waals surface area contributed by atoms with Gasteiger partial charge in [0, 0.05) is 16.7 Å². The van der Waals surface area contributed by atoms with Crippen molar-refractivity contribution in [3.8, 4) is 28.0 Å². The lowest BCUT2D eigenvalue weighted by molar-refractivity contribution is -0.110. The van der Waals surface area contributed by atoms with Gasteiger partial charge in [0.1, 0.15) is 5.75 Å². The summed E-state index contributed by atoms with van der Waals surface area (Å²) in [4.78, 5) is 24.2. The molecule has 0 aromatic heterocycles. The minimum Gasteiger partial charge on any atom is -0.505 e. The van der Waals surface area contributed by atoms with Crippen LogP contribution in [0.25, 0.3) is 22.3 Å². The van der Waals surface area contributed by atoms with Crippen LogP contribution in [0.1, 0.15) is 27.0 Å². The molecule has 37 heavy (non-hydrogen) atoms. The second-order valence-corrected chi connectivity index (χ2v) is 9.17. The molecule has 0 aliphatic carbocycles. The van der Waals surface area contributed by atoms with Gasteiger partial charge in [-0.3, -0.25) is 10.2 Å². The summed E-state index contributed by atoms with van der Waals surface area (Å²) in [5.41, 5.74) is 9.27. The van der Waals surface area contributed by atoms with Gasteiger partial charge in [0.15, 0.2) is 5.71 Å². The number of hydrazone groups is 1. The van der Waals surface area contributed by atoms with E-state index >= 15 is 0 Å². The van der Waals surface area contributed by atoms with Crippen molar-refractivity contribution in [2.24, 2.45) is 5.10 Å². The van der Waals surface area contributed by atoms with Gasteiger partial charge < -0.3 is 15.5 Å². The molecule has 1 heterocycles. The van der Waals surface area contributed by atoms with E-state index in [1.54, 1.807) is 42.5 Å². The van der Waals surface area contributed by atoms with Gasteiger partial charge in [-0.2, -0.15) is 5.10 Å². The molecule has 0 spiro atoms. The monoisotopic (exact) mass is 511 g/mol. The predicted molar refractivity (Wildman–Crippen MR) is 146 cm³/mol. The van der Waals surface area contributed by atoms with E-state index in [4.69, 9.17) is 11.6 Å². The number of phenols is 1. The molecule has 0 radical (unpaired) electrons. The number of hydrogen-bond donors (Lipinski definition) is 4. The number of carbonyl (C=O) groups excluding carboxylic acids is 1. The first-order chi connectivity index (χ1) is 17.7. The lowest BCUT2D eigenvalue weighted by atomic mass is 9.97. The van der Waals surface area contributed by atoms with E-state index in [9.17, 15) is 19.8 Å². The smallest absolute Gasteiger partial charge is 0.335 e. The summed E-state index contributed by atoms with van der Waals surface area (Å²) in [6, 6.07) is 20.7. The van der Waals surface area contributed by atoms with Crippen molar-refractivity contribution >= 4 is 40.6 Å². The number of phenolic OH excluding ortho intramolecular Hbond substituents is 1. The fraction of sp³-hybridized carbons (Fsp3) is 0.0690. The molecule has 0 bridgehead atoms. The third kappa shape index (κ3) is 4.41. The Labute approximate surface area is 218 Å². The highest BCUT2D eigenvalue weighted by molar-refractivity contribution is 6.55. The molecule has 8 heteroatoms. The van der Waals surface area contributed by atoms with Crippen molar-refractivity contribution in [2.45, 2.75) is 13.8 Å². The maximum Gasteiger partial charge on any atom is 0.335 e. The van der Waals surface area contributed by atoms with Crippen LogP contribution in [0.3, 0.4) is 0 Å². The van der Waals surface area contributed by atoms with Crippen LogP contribution in [-0.2, 0) is 4.79 Å². The summed E-state index contributed by atoms with van der Waals surface area (Å²) in [6.45, 7) is 4.05. The normalized spacial score (nSPS) is 13.4. The Kier molecular flexibility index (Phi) is 6.15. The molecule has 1 aliphatic heterocycles. The van der Waals surface area contributed by atoms with Gasteiger partial charge in [0.25, 0.3) is 5.91 Å². The van der Waals surface area contributed by atoms with Gasteiger partial charge in [-0.25, -0.2) is 4.79 Å². The fourth-order valence-corrected chi connectivity index (χ4v) is 4.56. The first kappa shape index (κ1) is 24.1. The van der Waals surface area contributed by atoms with Crippen molar-refractivity contribution in [1.29, 1.82) is 0 Å². The number of amides is 1. The molecular weight excluding hydrogens is 490 g/mol. The topological polar surface area (TPSA) is 111 Å². The van der Waals surface area contributed by atoms with Crippen LogP contribution in [0.4, 0.5) is 11.4 Å². The number of nitrogens with zero attached hydrogens (tertiary/aromatic N) is 1. The summed E-state index contributed by atoms with van der Waals surface area (Å²) in [7, 11) is 0. The van der Waals surface area contributed by atoms with Crippen LogP contribution in [0, 0.1) is 13.8 Å². The number of rotatable bonds is 5. The minimum atomic E-state index is -1.06. The van der Waals surface area contributed by atoms with E-state index in [-0.39, 0.29) is 22.7 Å². The van der Waals surface area contributed by atoms with E-state index < -0.39 is 11.9 Å². The summed E-state index contributed by atoms with van der Waals surface area (Å²) in [5.74, 6) is -1.59. The van der Waals surface area contributed by atoms with E-state index in [0.29, 0.717) is 33.0 Å². The first-order valence-corrected chi connectivity index (χ1v) is 11.8. The number of carboxylic acids is 1. The van der Waals surface area contributed by atoms with E-state index in [1.807, 2.05) is 32.0 Å². The maximum atomic E-state index is 12.9. The van der Waals surface area contributed by atoms with E-state index in [0.717, 1.165) is 16.7 Å². The van der Waals surface area contributed by atoms with Crippen LogP contribution < -0.4 is 10.7 Å². The van der Waals surface area contributed by atoms with Gasteiger partial charge >= 0.3 is 5.97 Å². The Balaban J connectivity index is 1.51. The molecule has 0 unspecified atom stereocenters. The number of halogens is 1. The van der Waals surface area contributed by atoms with Crippen LogP contribution in [0.2, 0.25) is 5.02 Å². The zero-order valence-electron chi connectivity index (χ0n) is 20.0. The molecule has 1 aliphatic rings. The molecule has 4 N–H and O–H groups in total. The van der Waals surface area contributed by atoms with Crippen molar-refractivity contribution in [2.75, 3.05) is 10.7 Å². The number of para-hydroxylation sites is 1. The van der Waals surface area contributed by atoms with Gasteiger partial charge in [-0.1, -0.05) is 54.1 Å². The summed E-state index contributed by atoms with van der Waals surface area (Å²) in [6.07, 6.45) is 0. The zero-order valence-corrected chi connectivity index (χ0v) is 20.7. The van der Waals surface area contributed by atoms with Crippen LogP contribution in [0.15, 0.2) is 77.9 Å². The average Bonchev–Trinajstić information content (AvgIpc) is 3.20. The third-order valence-electron chi connectivity index (χ3n) is 6.40. The Hall–Kier alpha value is -4.62. The molecule has 184 valence electrons. The highest BCUT2D eigenvalue weighted by Crippen LogP contribution is 2.41. The molecule has 0 atom stereocenters. The Morgan fingerprint density at radius 2 is 1.70 bits per heavy atom. The SMILES string of the molecule is Cc1ccc(-c2c(Cl)ccc3c2NC(=O)C3=NNc2cccc(-c3cccc(C(=O)O)c3)c2O)cc1C. The number of hydrogen-bond acceptors (Lipinski definition) is 5. The zero-order chi connectivity index (χ0) is 26.3. The number of benzene rings is 4. The molecule has 4 aromatic rings.